The van der Waals surface area contributed by atoms with Crippen LogP contribution in [0.4, 0.5) is 5.69 Å². The lowest BCUT2D eigenvalue weighted by Crippen LogP contribution is -2.40. The molecule has 2 N–H and O–H groups in total. The van der Waals surface area contributed by atoms with Gasteiger partial charge in [0.2, 0.25) is 10.0 Å². The Labute approximate surface area is 167 Å². The van der Waals surface area contributed by atoms with Gasteiger partial charge in [-0.05, 0) is 69.7 Å². The van der Waals surface area contributed by atoms with E-state index < -0.39 is 15.6 Å². The molecule has 7 heteroatoms. The highest BCUT2D eigenvalue weighted by atomic mass is 32.2. The molecular weight excluding hydrogens is 376 g/mol. The molecule has 6 nitrogen and oxygen atoms in total. The maximum atomic E-state index is 12.5. The molecule has 2 rings (SSSR count). The van der Waals surface area contributed by atoms with Crippen LogP contribution in [0.1, 0.15) is 50.9 Å². The molecule has 0 saturated heterocycles. The zero-order chi connectivity index (χ0) is 20.8. The Kier molecular flexibility index (Phi) is 7.21. The summed E-state index contributed by atoms with van der Waals surface area (Å²) in [6.45, 7) is 8.03. The molecule has 0 aliphatic heterocycles. The monoisotopic (exact) mass is 404 g/mol. The molecule has 0 bridgehead atoms. The molecule has 0 aliphatic carbocycles. The van der Waals surface area contributed by atoms with Gasteiger partial charge in [0.25, 0.3) is 5.91 Å². The fraction of sp³-hybridized carbons (Fsp3) is 0.381. The van der Waals surface area contributed by atoms with Gasteiger partial charge < -0.3 is 10.1 Å². The third-order valence-electron chi connectivity index (χ3n) is 3.73. The number of sulfonamides is 1. The van der Waals surface area contributed by atoms with Crippen molar-refractivity contribution in [3.8, 4) is 5.75 Å². The van der Waals surface area contributed by atoms with Crippen LogP contribution in [-0.4, -0.2) is 26.5 Å². The number of anilines is 1. The molecule has 2 aromatic rings. The zero-order valence-electron chi connectivity index (χ0n) is 16.8. The SMILES string of the molecule is CCCCOc1cccc(C(=O)Nc2ccc(S(=O)(=O)NC(C)(C)C)cc2)c1. The van der Waals surface area contributed by atoms with E-state index in [0.717, 1.165) is 12.8 Å². The van der Waals surface area contributed by atoms with Crippen molar-refractivity contribution in [2.24, 2.45) is 0 Å². The number of benzene rings is 2. The molecule has 0 aromatic heterocycles. The van der Waals surface area contributed by atoms with E-state index in [1.54, 1.807) is 51.1 Å². The van der Waals surface area contributed by atoms with Gasteiger partial charge in [-0.25, -0.2) is 13.1 Å². The Balaban J connectivity index is 2.06. The van der Waals surface area contributed by atoms with Gasteiger partial charge >= 0.3 is 0 Å². The lowest BCUT2D eigenvalue weighted by atomic mass is 10.1. The Hall–Kier alpha value is -2.38. The number of amides is 1. The standard InChI is InChI=1S/C21H28N2O4S/c1-5-6-14-27-18-9-7-8-16(15-18)20(24)22-17-10-12-19(13-11-17)28(25,26)23-21(2,3)4/h7-13,15,23H,5-6,14H2,1-4H3,(H,22,24). The van der Waals surface area contributed by atoms with Crippen molar-refractivity contribution in [3.05, 3.63) is 54.1 Å². The number of ether oxygens (including phenoxy) is 1. The molecule has 28 heavy (non-hydrogen) atoms. The molecule has 152 valence electrons. The molecule has 0 aliphatic rings. The van der Waals surface area contributed by atoms with E-state index in [2.05, 4.69) is 17.0 Å². The van der Waals surface area contributed by atoms with Crippen molar-refractivity contribution in [3.63, 3.8) is 0 Å². The zero-order valence-corrected chi connectivity index (χ0v) is 17.6. The van der Waals surface area contributed by atoms with Crippen LogP contribution in [0.25, 0.3) is 0 Å². The molecule has 0 fully saturated rings. The number of hydrogen-bond acceptors (Lipinski definition) is 4. The van der Waals surface area contributed by atoms with Gasteiger partial charge in [-0.15, -0.1) is 0 Å². The predicted octanol–water partition coefficient (Wildman–Crippen LogP) is 4.19. The molecular formula is C21H28N2O4S. The van der Waals surface area contributed by atoms with E-state index >= 15 is 0 Å². The van der Waals surface area contributed by atoms with Crippen LogP contribution in [0.3, 0.4) is 0 Å². The van der Waals surface area contributed by atoms with Crippen LogP contribution in [0.15, 0.2) is 53.4 Å². The summed E-state index contributed by atoms with van der Waals surface area (Å²) in [6, 6.07) is 13.0. The number of rotatable bonds is 8. The summed E-state index contributed by atoms with van der Waals surface area (Å²) >= 11 is 0. The number of carbonyl (C=O) groups is 1. The van der Waals surface area contributed by atoms with Crippen LogP contribution in [0, 0.1) is 0 Å². The molecule has 0 unspecified atom stereocenters. The van der Waals surface area contributed by atoms with E-state index in [-0.39, 0.29) is 10.8 Å². The van der Waals surface area contributed by atoms with Gasteiger partial charge in [0.1, 0.15) is 5.75 Å². The summed E-state index contributed by atoms with van der Waals surface area (Å²) in [5.74, 6) is 0.361. The van der Waals surface area contributed by atoms with Crippen molar-refractivity contribution in [2.75, 3.05) is 11.9 Å². The molecule has 2 aromatic carbocycles. The summed E-state index contributed by atoms with van der Waals surface area (Å²) in [5.41, 5.74) is 0.410. The average Bonchev–Trinajstić information content (AvgIpc) is 2.61. The molecule has 1 amide bonds. The highest BCUT2D eigenvalue weighted by molar-refractivity contribution is 7.89. The number of hydrogen-bond donors (Lipinski definition) is 2. The average molecular weight is 405 g/mol. The normalized spacial score (nSPS) is 11.9. The summed E-state index contributed by atoms with van der Waals surface area (Å²) in [4.78, 5) is 12.6. The van der Waals surface area contributed by atoms with Crippen molar-refractivity contribution in [1.82, 2.24) is 4.72 Å². The fourth-order valence-corrected chi connectivity index (χ4v) is 3.86. The van der Waals surface area contributed by atoms with E-state index in [0.29, 0.717) is 23.6 Å². The second-order valence-electron chi connectivity index (χ2n) is 7.56. The predicted molar refractivity (Wildman–Crippen MR) is 111 cm³/mol. The molecule has 0 heterocycles. The van der Waals surface area contributed by atoms with Gasteiger partial charge in [0.15, 0.2) is 0 Å². The highest BCUT2D eigenvalue weighted by Gasteiger charge is 2.21. The topological polar surface area (TPSA) is 84.5 Å². The van der Waals surface area contributed by atoms with E-state index in [1.165, 1.54) is 12.1 Å². The van der Waals surface area contributed by atoms with Crippen molar-refractivity contribution in [2.45, 2.75) is 51.0 Å². The number of carbonyl (C=O) groups excluding carboxylic acids is 1. The quantitative estimate of drug-likeness (QED) is 0.646. The first-order valence-corrected chi connectivity index (χ1v) is 10.8. The maximum Gasteiger partial charge on any atom is 0.255 e. The molecule has 0 spiro atoms. The van der Waals surface area contributed by atoms with Crippen molar-refractivity contribution in [1.29, 1.82) is 0 Å². The van der Waals surface area contributed by atoms with Gasteiger partial charge in [0.05, 0.1) is 11.5 Å². The van der Waals surface area contributed by atoms with Gasteiger partial charge in [-0.2, -0.15) is 0 Å². The molecule has 0 atom stereocenters. The minimum atomic E-state index is -3.61. The molecule has 0 radical (unpaired) electrons. The Bertz CT molecular complexity index is 901. The largest absolute Gasteiger partial charge is 0.494 e. The second-order valence-corrected chi connectivity index (χ2v) is 9.25. The highest BCUT2D eigenvalue weighted by Crippen LogP contribution is 2.18. The lowest BCUT2D eigenvalue weighted by Gasteiger charge is -2.20. The summed E-state index contributed by atoms with van der Waals surface area (Å²) < 4.78 is 32.9. The van der Waals surface area contributed by atoms with Gasteiger partial charge in [-0.3, -0.25) is 4.79 Å². The Morgan fingerprint density at radius 3 is 2.36 bits per heavy atom. The van der Waals surface area contributed by atoms with Crippen molar-refractivity contribution >= 4 is 21.6 Å². The van der Waals surface area contributed by atoms with E-state index in [4.69, 9.17) is 4.74 Å². The number of unbranched alkanes of at least 4 members (excludes halogenated alkanes) is 1. The number of nitrogens with one attached hydrogen (secondary N) is 2. The van der Waals surface area contributed by atoms with E-state index in [9.17, 15) is 13.2 Å². The Morgan fingerprint density at radius 1 is 1.07 bits per heavy atom. The third kappa shape index (κ3) is 6.65. The smallest absolute Gasteiger partial charge is 0.255 e. The van der Waals surface area contributed by atoms with Crippen LogP contribution in [0.2, 0.25) is 0 Å². The first-order chi connectivity index (χ1) is 13.1. The maximum absolute atomic E-state index is 12.5. The fourth-order valence-electron chi connectivity index (χ4n) is 2.44. The summed E-state index contributed by atoms with van der Waals surface area (Å²) in [6.07, 6.45) is 1.99. The van der Waals surface area contributed by atoms with Crippen LogP contribution in [-0.2, 0) is 10.0 Å². The van der Waals surface area contributed by atoms with Crippen LogP contribution >= 0.6 is 0 Å². The Morgan fingerprint density at radius 2 is 1.75 bits per heavy atom. The summed E-state index contributed by atoms with van der Waals surface area (Å²) in [5, 5.41) is 2.77. The minimum Gasteiger partial charge on any atom is -0.494 e. The van der Waals surface area contributed by atoms with Crippen LogP contribution in [0.5, 0.6) is 5.75 Å². The van der Waals surface area contributed by atoms with Gasteiger partial charge in [-0.1, -0.05) is 19.4 Å². The molecule has 0 saturated carbocycles. The summed E-state index contributed by atoms with van der Waals surface area (Å²) in [7, 11) is -3.61. The van der Waals surface area contributed by atoms with Crippen molar-refractivity contribution < 1.29 is 17.9 Å². The van der Waals surface area contributed by atoms with Crippen LogP contribution < -0.4 is 14.8 Å². The lowest BCUT2D eigenvalue weighted by molar-refractivity contribution is 0.102. The first-order valence-electron chi connectivity index (χ1n) is 9.29. The first kappa shape index (κ1) is 21.9. The van der Waals surface area contributed by atoms with E-state index in [1.807, 2.05) is 6.07 Å². The minimum absolute atomic E-state index is 0.145. The third-order valence-corrected chi connectivity index (χ3v) is 5.50. The second kappa shape index (κ2) is 9.21. The van der Waals surface area contributed by atoms with Gasteiger partial charge in [0, 0.05) is 16.8 Å².